The molecule has 3 rings (SSSR count). The number of fused-ring (bicyclic) bond motifs is 1. The van der Waals surface area contributed by atoms with E-state index in [2.05, 4.69) is 0 Å². The summed E-state index contributed by atoms with van der Waals surface area (Å²) >= 11 is 0. The fraction of sp³-hybridized carbons (Fsp3) is 0.167. The topological polar surface area (TPSA) is 39.4 Å². The van der Waals surface area contributed by atoms with E-state index in [0.717, 1.165) is 22.3 Å². The van der Waals surface area contributed by atoms with Gasteiger partial charge in [-0.05, 0) is 37.1 Å². The number of Topliss-reactive ketones (excluding diaryl/α,β-unsaturated/α-hetero) is 1. The van der Waals surface area contributed by atoms with Crippen molar-refractivity contribution in [3.05, 3.63) is 65.4 Å². The SMILES string of the molecule is Cc1cccc(C)c1OCC(=O)c1cc2ccccc2o1. The molecule has 0 fully saturated rings. The molecule has 3 heteroatoms. The molecule has 0 unspecified atom stereocenters. The number of para-hydroxylation sites is 2. The molecule has 0 aliphatic rings. The Morgan fingerprint density at radius 2 is 1.76 bits per heavy atom. The molecule has 0 N–H and O–H groups in total. The van der Waals surface area contributed by atoms with Crippen LogP contribution in [0, 0.1) is 13.8 Å². The molecule has 0 radical (unpaired) electrons. The molecule has 3 aromatic rings. The minimum absolute atomic E-state index is 0.0223. The quantitative estimate of drug-likeness (QED) is 0.668. The van der Waals surface area contributed by atoms with Crippen molar-refractivity contribution in [1.29, 1.82) is 0 Å². The minimum Gasteiger partial charge on any atom is -0.485 e. The van der Waals surface area contributed by atoms with Crippen molar-refractivity contribution in [1.82, 2.24) is 0 Å². The van der Waals surface area contributed by atoms with E-state index in [1.807, 2.05) is 56.3 Å². The summed E-state index contributed by atoms with van der Waals surface area (Å²) in [5.41, 5.74) is 2.76. The van der Waals surface area contributed by atoms with E-state index in [9.17, 15) is 4.79 Å². The van der Waals surface area contributed by atoms with Crippen LogP contribution in [0.5, 0.6) is 5.75 Å². The maximum atomic E-state index is 12.2. The van der Waals surface area contributed by atoms with E-state index in [0.29, 0.717) is 11.3 Å². The normalized spacial score (nSPS) is 10.8. The predicted molar refractivity (Wildman–Crippen MR) is 82.0 cm³/mol. The van der Waals surface area contributed by atoms with Crippen LogP contribution >= 0.6 is 0 Å². The zero-order valence-corrected chi connectivity index (χ0v) is 12.1. The van der Waals surface area contributed by atoms with Crippen LogP contribution in [0.1, 0.15) is 21.7 Å². The molecule has 0 saturated heterocycles. The van der Waals surface area contributed by atoms with Crippen molar-refractivity contribution in [3.8, 4) is 5.75 Å². The van der Waals surface area contributed by atoms with Gasteiger partial charge < -0.3 is 9.15 Å². The first-order valence-corrected chi connectivity index (χ1v) is 6.86. The number of ether oxygens (including phenoxy) is 1. The fourth-order valence-corrected chi connectivity index (χ4v) is 2.35. The molecule has 0 amide bonds. The van der Waals surface area contributed by atoms with Crippen LogP contribution in [0.2, 0.25) is 0 Å². The van der Waals surface area contributed by atoms with Gasteiger partial charge in [0.15, 0.2) is 12.4 Å². The second kappa shape index (κ2) is 5.44. The van der Waals surface area contributed by atoms with E-state index < -0.39 is 0 Å². The lowest BCUT2D eigenvalue weighted by molar-refractivity contribution is 0.0895. The van der Waals surface area contributed by atoms with Gasteiger partial charge in [0.05, 0.1) is 0 Å². The highest BCUT2D eigenvalue weighted by Gasteiger charge is 2.14. The third-order valence-electron chi connectivity index (χ3n) is 3.46. The van der Waals surface area contributed by atoms with Gasteiger partial charge in [-0.1, -0.05) is 36.4 Å². The van der Waals surface area contributed by atoms with Crippen LogP contribution in [-0.2, 0) is 0 Å². The standard InChI is InChI=1S/C18H16O3/c1-12-6-5-7-13(2)18(12)20-11-15(19)17-10-14-8-3-4-9-16(14)21-17/h3-10H,11H2,1-2H3. The van der Waals surface area contributed by atoms with E-state index >= 15 is 0 Å². The van der Waals surface area contributed by atoms with Gasteiger partial charge in [-0.25, -0.2) is 0 Å². The van der Waals surface area contributed by atoms with Crippen LogP contribution in [0.3, 0.4) is 0 Å². The highest BCUT2D eigenvalue weighted by Crippen LogP contribution is 2.23. The summed E-state index contributed by atoms with van der Waals surface area (Å²) in [6, 6.07) is 15.2. The minimum atomic E-state index is -0.158. The molecular formula is C18H16O3. The van der Waals surface area contributed by atoms with E-state index in [-0.39, 0.29) is 12.4 Å². The zero-order chi connectivity index (χ0) is 14.8. The van der Waals surface area contributed by atoms with Crippen LogP contribution < -0.4 is 4.74 Å². The Bertz CT molecular complexity index is 746. The average molecular weight is 280 g/mol. The van der Waals surface area contributed by atoms with Crippen molar-refractivity contribution in [2.75, 3.05) is 6.61 Å². The Morgan fingerprint density at radius 1 is 1.05 bits per heavy atom. The molecule has 1 heterocycles. The van der Waals surface area contributed by atoms with Crippen LogP contribution in [0.25, 0.3) is 11.0 Å². The first-order chi connectivity index (χ1) is 10.1. The van der Waals surface area contributed by atoms with Crippen molar-refractivity contribution in [2.24, 2.45) is 0 Å². The van der Waals surface area contributed by atoms with Gasteiger partial charge in [-0.2, -0.15) is 0 Å². The second-order valence-corrected chi connectivity index (χ2v) is 5.08. The largest absolute Gasteiger partial charge is 0.485 e. The summed E-state index contributed by atoms with van der Waals surface area (Å²) in [7, 11) is 0. The van der Waals surface area contributed by atoms with Gasteiger partial charge in [0.25, 0.3) is 0 Å². The van der Waals surface area contributed by atoms with Gasteiger partial charge in [-0.15, -0.1) is 0 Å². The summed E-state index contributed by atoms with van der Waals surface area (Å²) in [6.07, 6.45) is 0. The second-order valence-electron chi connectivity index (χ2n) is 5.08. The number of benzene rings is 2. The highest BCUT2D eigenvalue weighted by molar-refractivity contribution is 5.98. The van der Waals surface area contributed by atoms with Crippen LogP contribution in [0.15, 0.2) is 52.9 Å². The fourth-order valence-electron chi connectivity index (χ4n) is 2.35. The summed E-state index contributed by atoms with van der Waals surface area (Å²) in [5.74, 6) is 0.943. The average Bonchev–Trinajstić information content (AvgIpc) is 2.90. The lowest BCUT2D eigenvalue weighted by Gasteiger charge is -2.10. The number of carbonyl (C=O) groups is 1. The molecule has 21 heavy (non-hydrogen) atoms. The Hall–Kier alpha value is -2.55. The number of furan rings is 1. The molecule has 0 aliphatic carbocycles. The maximum Gasteiger partial charge on any atom is 0.235 e. The molecule has 0 atom stereocenters. The number of carbonyl (C=O) groups excluding carboxylic acids is 1. The molecule has 0 aliphatic heterocycles. The van der Waals surface area contributed by atoms with Gasteiger partial charge >= 0.3 is 0 Å². The monoisotopic (exact) mass is 280 g/mol. The van der Waals surface area contributed by atoms with Gasteiger partial charge in [-0.3, -0.25) is 4.79 Å². The lowest BCUT2D eigenvalue weighted by atomic mass is 10.1. The molecule has 3 nitrogen and oxygen atoms in total. The van der Waals surface area contributed by atoms with E-state index in [4.69, 9.17) is 9.15 Å². The first kappa shape index (κ1) is 13.4. The van der Waals surface area contributed by atoms with Crippen LogP contribution in [-0.4, -0.2) is 12.4 Å². The molecule has 2 aromatic carbocycles. The number of hydrogen-bond acceptors (Lipinski definition) is 3. The lowest BCUT2D eigenvalue weighted by Crippen LogP contribution is -2.11. The number of rotatable bonds is 4. The summed E-state index contributed by atoms with van der Waals surface area (Å²) in [6.45, 7) is 3.91. The van der Waals surface area contributed by atoms with Gasteiger partial charge in [0, 0.05) is 5.39 Å². The van der Waals surface area contributed by atoms with Crippen LogP contribution in [0.4, 0.5) is 0 Å². The number of ketones is 1. The smallest absolute Gasteiger partial charge is 0.235 e. The van der Waals surface area contributed by atoms with Crippen molar-refractivity contribution in [2.45, 2.75) is 13.8 Å². The van der Waals surface area contributed by atoms with E-state index in [1.165, 1.54) is 0 Å². The molecule has 106 valence electrons. The Labute approximate surface area is 123 Å². The van der Waals surface area contributed by atoms with E-state index in [1.54, 1.807) is 6.07 Å². The van der Waals surface area contributed by atoms with Gasteiger partial charge in [0.1, 0.15) is 11.3 Å². The summed E-state index contributed by atoms with van der Waals surface area (Å²) in [5, 5.41) is 0.924. The predicted octanol–water partition coefficient (Wildman–Crippen LogP) is 4.31. The van der Waals surface area contributed by atoms with Crippen molar-refractivity contribution in [3.63, 3.8) is 0 Å². The number of aryl methyl sites for hydroxylation is 2. The summed E-state index contributed by atoms with van der Waals surface area (Å²) in [4.78, 5) is 12.2. The third kappa shape index (κ3) is 2.68. The maximum absolute atomic E-state index is 12.2. The molecule has 0 saturated carbocycles. The number of hydrogen-bond donors (Lipinski definition) is 0. The zero-order valence-electron chi connectivity index (χ0n) is 12.1. The summed E-state index contributed by atoms with van der Waals surface area (Å²) < 4.78 is 11.2. The molecule has 1 aromatic heterocycles. The Kier molecular flexibility index (Phi) is 3.48. The van der Waals surface area contributed by atoms with Gasteiger partial charge in [0.2, 0.25) is 5.78 Å². The van der Waals surface area contributed by atoms with Crippen molar-refractivity contribution >= 4 is 16.8 Å². The Balaban J connectivity index is 1.77. The third-order valence-corrected chi connectivity index (χ3v) is 3.46. The molecule has 0 bridgehead atoms. The first-order valence-electron chi connectivity index (χ1n) is 6.86. The van der Waals surface area contributed by atoms with Crippen molar-refractivity contribution < 1.29 is 13.9 Å². The highest BCUT2D eigenvalue weighted by atomic mass is 16.5. The Morgan fingerprint density at radius 3 is 2.48 bits per heavy atom. The molecular weight excluding hydrogens is 264 g/mol. The molecule has 0 spiro atoms.